The Kier molecular flexibility index (Phi) is 3.23. The Morgan fingerprint density at radius 3 is 2.76 bits per heavy atom. The van der Waals surface area contributed by atoms with Crippen LogP contribution in [0.25, 0.3) is 0 Å². The van der Waals surface area contributed by atoms with Gasteiger partial charge in [-0.2, -0.15) is 0 Å². The number of amides is 1. The first-order valence-electron chi connectivity index (χ1n) is 5.31. The molecule has 0 bridgehead atoms. The minimum atomic E-state index is -0.670. The third-order valence-corrected chi connectivity index (χ3v) is 3.72. The Morgan fingerprint density at radius 2 is 2.24 bits per heavy atom. The maximum Gasteiger partial charge on any atom is 0.252 e. The molecule has 0 heterocycles. The lowest BCUT2D eigenvalue weighted by molar-refractivity contribution is 0.0996. The minimum Gasteiger partial charge on any atom is -0.492 e. The number of nitrogens with two attached hydrogens (primary N) is 1. The van der Waals surface area contributed by atoms with E-state index in [4.69, 9.17) is 33.7 Å². The standard InChI is InChI=1S/C12H13Cl2NO2/c1-7-2-3-9(11(15)16)10(4-7)17-6-8-5-12(8,13)14/h2-4,8H,5-6H2,1H3,(H2,15,16). The summed E-state index contributed by atoms with van der Waals surface area (Å²) in [5.41, 5.74) is 6.65. The van der Waals surface area contributed by atoms with Crippen molar-refractivity contribution in [2.45, 2.75) is 17.7 Å². The summed E-state index contributed by atoms with van der Waals surface area (Å²) in [4.78, 5) is 11.2. The van der Waals surface area contributed by atoms with Crippen LogP contribution in [-0.2, 0) is 0 Å². The van der Waals surface area contributed by atoms with Crippen LogP contribution in [0, 0.1) is 12.8 Å². The van der Waals surface area contributed by atoms with Crippen LogP contribution >= 0.6 is 23.2 Å². The van der Waals surface area contributed by atoms with Gasteiger partial charge in [0.25, 0.3) is 5.91 Å². The molecule has 5 heteroatoms. The second-order valence-corrected chi connectivity index (χ2v) is 5.88. The van der Waals surface area contributed by atoms with Gasteiger partial charge in [-0.15, -0.1) is 23.2 Å². The molecule has 17 heavy (non-hydrogen) atoms. The highest BCUT2D eigenvalue weighted by molar-refractivity contribution is 6.50. The maximum absolute atomic E-state index is 11.2. The molecule has 1 aliphatic carbocycles. The molecule has 1 atom stereocenters. The normalized spacial score (nSPS) is 21.0. The van der Waals surface area contributed by atoms with Crippen LogP contribution in [0.5, 0.6) is 5.75 Å². The summed E-state index contributed by atoms with van der Waals surface area (Å²) in [6, 6.07) is 5.26. The molecule has 1 fully saturated rings. The first-order chi connectivity index (χ1) is 7.90. The van der Waals surface area contributed by atoms with E-state index in [1.165, 1.54) is 0 Å². The van der Waals surface area contributed by atoms with Crippen LogP contribution < -0.4 is 10.5 Å². The zero-order valence-electron chi connectivity index (χ0n) is 9.37. The molecule has 0 aliphatic heterocycles. The van der Waals surface area contributed by atoms with Gasteiger partial charge in [-0.1, -0.05) is 6.07 Å². The van der Waals surface area contributed by atoms with E-state index in [0.717, 1.165) is 5.56 Å². The molecule has 1 saturated carbocycles. The summed E-state index contributed by atoms with van der Waals surface area (Å²) >= 11 is 11.8. The number of hydrogen-bond acceptors (Lipinski definition) is 2. The molecule has 2 rings (SSSR count). The van der Waals surface area contributed by atoms with E-state index in [-0.39, 0.29) is 5.92 Å². The Morgan fingerprint density at radius 1 is 1.59 bits per heavy atom. The van der Waals surface area contributed by atoms with Crippen molar-refractivity contribution < 1.29 is 9.53 Å². The molecule has 0 radical (unpaired) electrons. The van der Waals surface area contributed by atoms with Gasteiger partial charge in [-0.25, -0.2) is 0 Å². The quantitative estimate of drug-likeness (QED) is 0.858. The van der Waals surface area contributed by atoms with Gasteiger partial charge in [-0.3, -0.25) is 4.79 Å². The monoisotopic (exact) mass is 273 g/mol. The molecule has 0 spiro atoms. The highest BCUT2D eigenvalue weighted by atomic mass is 35.5. The molecule has 1 amide bonds. The average molecular weight is 274 g/mol. The summed E-state index contributed by atoms with van der Waals surface area (Å²) in [7, 11) is 0. The van der Waals surface area contributed by atoms with E-state index < -0.39 is 10.2 Å². The van der Waals surface area contributed by atoms with E-state index in [9.17, 15) is 4.79 Å². The lowest BCUT2D eigenvalue weighted by Crippen LogP contribution is -2.14. The number of hydrogen-bond donors (Lipinski definition) is 1. The van der Waals surface area contributed by atoms with E-state index in [1.807, 2.05) is 13.0 Å². The fourth-order valence-corrected chi connectivity index (χ4v) is 2.09. The number of alkyl halides is 2. The zero-order valence-corrected chi connectivity index (χ0v) is 10.9. The number of rotatable bonds is 4. The van der Waals surface area contributed by atoms with Crippen molar-refractivity contribution in [2.24, 2.45) is 11.7 Å². The van der Waals surface area contributed by atoms with Crippen molar-refractivity contribution in [1.29, 1.82) is 0 Å². The fourth-order valence-electron chi connectivity index (χ4n) is 1.59. The second kappa shape index (κ2) is 4.39. The first-order valence-corrected chi connectivity index (χ1v) is 6.07. The average Bonchev–Trinajstić information content (AvgIpc) is 2.83. The summed E-state index contributed by atoms with van der Waals surface area (Å²) in [5, 5.41) is 0. The Bertz CT molecular complexity index is 460. The van der Waals surface area contributed by atoms with E-state index in [1.54, 1.807) is 12.1 Å². The van der Waals surface area contributed by atoms with E-state index in [0.29, 0.717) is 24.3 Å². The maximum atomic E-state index is 11.2. The molecule has 1 aliphatic rings. The molecule has 0 aromatic heterocycles. The third-order valence-electron chi connectivity index (χ3n) is 2.80. The molecule has 92 valence electrons. The molecular formula is C12H13Cl2NO2. The van der Waals surface area contributed by atoms with Crippen molar-refractivity contribution in [2.75, 3.05) is 6.61 Å². The van der Waals surface area contributed by atoms with Gasteiger partial charge >= 0.3 is 0 Å². The van der Waals surface area contributed by atoms with Crippen molar-refractivity contribution in [3.8, 4) is 5.75 Å². The van der Waals surface area contributed by atoms with E-state index >= 15 is 0 Å². The van der Waals surface area contributed by atoms with E-state index in [2.05, 4.69) is 0 Å². The molecule has 3 nitrogen and oxygen atoms in total. The number of primary amides is 1. The fraction of sp³-hybridized carbons (Fsp3) is 0.417. The number of aryl methyl sites for hydroxylation is 1. The molecule has 1 unspecified atom stereocenters. The highest BCUT2D eigenvalue weighted by Crippen LogP contribution is 2.53. The number of benzene rings is 1. The summed E-state index contributed by atoms with van der Waals surface area (Å²) < 4.78 is 4.90. The van der Waals surface area contributed by atoms with Gasteiger partial charge in [0.15, 0.2) is 0 Å². The third kappa shape index (κ3) is 2.85. The summed E-state index contributed by atoms with van der Waals surface area (Å²) in [6.45, 7) is 2.32. The first kappa shape index (κ1) is 12.5. The molecule has 0 saturated heterocycles. The van der Waals surface area contributed by atoms with Gasteiger partial charge in [0.1, 0.15) is 10.1 Å². The van der Waals surface area contributed by atoms with Crippen LogP contribution in [-0.4, -0.2) is 16.8 Å². The number of carbonyl (C=O) groups is 1. The van der Waals surface area contributed by atoms with Crippen LogP contribution in [0.1, 0.15) is 22.3 Å². The van der Waals surface area contributed by atoms with Gasteiger partial charge in [0, 0.05) is 5.92 Å². The topological polar surface area (TPSA) is 52.3 Å². The lowest BCUT2D eigenvalue weighted by Gasteiger charge is -2.10. The highest BCUT2D eigenvalue weighted by Gasteiger charge is 2.52. The van der Waals surface area contributed by atoms with Gasteiger partial charge < -0.3 is 10.5 Å². The number of ether oxygens (including phenoxy) is 1. The summed E-state index contributed by atoms with van der Waals surface area (Å²) in [6.07, 6.45) is 0.716. The summed E-state index contributed by atoms with van der Waals surface area (Å²) in [5.74, 6) is 0.111. The smallest absolute Gasteiger partial charge is 0.252 e. The van der Waals surface area contributed by atoms with Gasteiger partial charge in [0.2, 0.25) is 0 Å². The van der Waals surface area contributed by atoms with Gasteiger partial charge in [0.05, 0.1) is 12.2 Å². The number of carbonyl (C=O) groups excluding carboxylic acids is 1. The predicted octanol–water partition coefficient (Wildman–Crippen LogP) is 2.67. The predicted molar refractivity (Wildman–Crippen MR) is 67.7 cm³/mol. The van der Waals surface area contributed by atoms with Crippen LogP contribution in [0.4, 0.5) is 0 Å². The van der Waals surface area contributed by atoms with Crippen molar-refractivity contribution in [1.82, 2.24) is 0 Å². The Balaban J connectivity index is 2.09. The molecular weight excluding hydrogens is 261 g/mol. The molecule has 1 aromatic rings. The Labute approximate surface area is 110 Å². The van der Waals surface area contributed by atoms with Gasteiger partial charge in [-0.05, 0) is 31.0 Å². The zero-order chi connectivity index (χ0) is 12.6. The minimum absolute atomic E-state index is 0.118. The van der Waals surface area contributed by atoms with Crippen LogP contribution in [0.15, 0.2) is 18.2 Å². The lowest BCUT2D eigenvalue weighted by atomic mass is 10.1. The SMILES string of the molecule is Cc1ccc(C(N)=O)c(OCC2CC2(Cl)Cl)c1. The van der Waals surface area contributed by atoms with Crippen molar-refractivity contribution in [3.05, 3.63) is 29.3 Å². The molecule has 1 aromatic carbocycles. The molecule has 2 N–H and O–H groups in total. The van der Waals surface area contributed by atoms with Crippen molar-refractivity contribution >= 4 is 29.1 Å². The Hall–Kier alpha value is -0.930. The van der Waals surface area contributed by atoms with Crippen molar-refractivity contribution in [3.63, 3.8) is 0 Å². The van der Waals surface area contributed by atoms with Crippen LogP contribution in [0.3, 0.4) is 0 Å². The largest absolute Gasteiger partial charge is 0.492 e. The number of halogens is 2. The van der Waals surface area contributed by atoms with Crippen LogP contribution in [0.2, 0.25) is 0 Å². The second-order valence-electron chi connectivity index (χ2n) is 4.34.